The standard InChI is InChI=1S/C16H17F2N3O3S/c17-11-5-4-10(8-12(11)18)25-9-13(22)20-21-14(23)16(19-15(21)24)6-2-1-3-7-16/h4-5,8H,1-3,6-7,9H2,(H,19,24)(H,20,22). The second-order valence-electron chi connectivity index (χ2n) is 6.11. The number of benzene rings is 1. The van der Waals surface area contributed by atoms with Gasteiger partial charge in [-0.25, -0.2) is 13.6 Å². The average molecular weight is 369 g/mol. The fourth-order valence-electron chi connectivity index (χ4n) is 3.09. The number of hydrazine groups is 1. The summed E-state index contributed by atoms with van der Waals surface area (Å²) in [6.07, 6.45) is 3.84. The Hall–Kier alpha value is -2.16. The number of halogens is 2. The Morgan fingerprint density at radius 1 is 1.20 bits per heavy atom. The molecule has 2 N–H and O–H groups in total. The van der Waals surface area contributed by atoms with Crippen LogP contribution in [0.5, 0.6) is 0 Å². The Kier molecular flexibility index (Phi) is 4.94. The summed E-state index contributed by atoms with van der Waals surface area (Å²) >= 11 is 0.976. The van der Waals surface area contributed by atoms with Gasteiger partial charge in [0.1, 0.15) is 5.54 Å². The molecule has 6 nitrogen and oxygen atoms in total. The van der Waals surface area contributed by atoms with Gasteiger partial charge in [-0.1, -0.05) is 19.3 Å². The Labute approximate surface area is 147 Å². The highest BCUT2D eigenvalue weighted by atomic mass is 32.2. The lowest BCUT2D eigenvalue weighted by Crippen LogP contribution is -2.51. The molecular formula is C16H17F2N3O3S. The molecule has 0 atom stereocenters. The lowest BCUT2D eigenvalue weighted by molar-refractivity contribution is -0.139. The van der Waals surface area contributed by atoms with Gasteiger partial charge >= 0.3 is 6.03 Å². The molecule has 3 rings (SSSR count). The largest absolute Gasteiger partial charge is 0.344 e. The van der Waals surface area contributed by atoms with Crippen molar-refractivity contribution in [3.05, 3.63) is 29.8 Å². The van der Waals surface area contributed by atoms with Crippen molar-refractivity contribution in [2.45, 2.75) is 42.5 Å². The van der Waals surface area contributed by atoms with E-state index in [1.54, 1.807) is 0 Å². The maximum atomic E-state index is 13.1. The van der Waals surface area contributed by atoms with Gasteiger partial charge in [0, 0.05) is 4.90 Å². The van der Waals surface area contributed by atoms with Crippen molar-refractivity contribution < 1.29 is 23.2 Å². The number of nitrogens with zero attached hydrogens (tertiary/aromatic N) is 1. The number of thioether (sulfide) groups is 1. The third-order valence-corrected chi connectivity index (χ3v) is 5.36. The second-order valence-corrected chi connectivity index (χ2v) is 7.16. The van der Waals surface area contributed by atoms with Crippen molar-refractivity contribution in [3.8, 4) is 0 Å². The van der Waals surface area contributed by atoms with Crippen molar-refractivity contribution >= 4 is 29.6 Å². The van der Waals surface area contributed by atoms with Crippen molar-refractivity contribution in [3.63, 3.8) is 0 Å². The molecule has 0 unspecified atom stereocenters. The van der Waals surface area contributed by atoms with Crippen LogP contribution in [0, 0.1) is 11.6 Å². The summed E-state index contributed by atoms with van der Waals surface area (Å²) in [6.45, 7) is 0. The minimum absolute atomic E-state index is 0.144. The fourth-order valence-corrected chi connectivity index (χ4v) is 3.80. The molecule has 1 heterocycles. The van der Waals surface area contributed by atoms with E-state index in [1.165, 1.54) is 6.07 Å². The summed E-state index contributed by atoms with van der Waals surface area (Å²) in [5.74, 6) is -3.13. The molecule has 0 bridgehead atoms. The summed E-state index contributed by atoms with van der Waals surface area (Å²) in [5.41, 5.74) is 1.38. The minimum atomic E-state index is -1.00. The number of amides is 4. The van der Waals surface area contributed by atoms with Crippen LogP contribution in [0.3, 0.4) is 0 Å². The van der Waals surface area contributed by atoms with Gasteiger partial charge in [-0.05, 0) is 31.0 Å². The fraction of sp³-hybridized carbons (Fsp3) is 0.438. The highest BCUT2D eigenvalue weighted by Crippen LogP contribution is 2.33. The smallest absolute Gasteiger partial charge is 0.322 e. The molecule has 1 aliphatic carbocycles. The van der Waals surface area contributed by atoms with E-state index < -0.39 is 35.0 Å². The first-order valence-electron chi connectivity index (χ1n) is 7.95. The molecule has 2 aliphatic rings. The second kappa shape index (κ2) is 6.99. The first-order valence-corrected chi connectivity index (χ1v) is 8.94. The third-order valence-electron chi connectivity index (χ3n) is 4.37. The van der Waals surface area contributed by atoms with Gasteiger partial charge < -0.3 is 5.32 Å². The van der Waals surface area contributed by atoms with E-state index in [9.17, 15) is 23.2 Å². The number of hydrogen-bond acceptors (Lipinski definition) is 4. The van der Waals surface area contributed by atoms with Gasteiger partial charge in [-0.3, -0.25) is 15.0 Å². The van der Waals surface area contributed by atoms with Gasteiger partial charge in [-0.15, -0.1) is 11.8 Å². The zero-order valence-corrected chi connectivity index (χ0v) is 14.1. The van der Waals surface area contributed by atoms with Crippen LogP contribution in [0.4, 0.5) is 13.6 Å². The van der Waals surface area contributed by atoms with Crippen molar-refractivity contribution in [1.82, 2.24) is 15.8 Å². The van der Waals surface area contributed by atoms with E-state index in [4.69, 9.17) is 0 Å². The van der Waals surface area contributed by atoms with Crippen LogP contribution < -0.4 is 10.7 Å². The van der Waals surface area contributed by atoms with E-state index >= 15 is 0 Å². The molecule has 1 saturated heterocycles. The lowest BCUT2D eigenvalue weighted by atomic mass is 9.82. The Morgan fingerprint density at radius 2 is 1.92 bits per heavy atom. The molecule has 1 saturated carbocycles. The lowest BCUT2D eigenvalue weighted by Gasteiger charge is -2.30. The number of rotatable bonds is 4. The first-order chi connectivity index (χ1) is 11.9. The first kappa shape index (κ1) is 17.7. The molecule has 1 spiro atoms. The maximum absolute atomic E-state index is 13.1. The number of urea groups is 1. The molecule has 1 aromatic carbocycles. The van der Waals surface area contributed by atoms with Crippen LogP contribution in [-0.4, -0.2) is 34.1 Å². The monoisotopic (exact) mass is 369 g/mol. The number of nitrogens with one attached hydrogen (secondary N) is 2. The van der Waals surface area contributed by atoms with Crippen LogP contribution in [0.15, 0.2) is 23.1 Å². The summed E-state index contributed by atoms with van der Waals surface area (Å²) in [4.78, 5) is 36.9. The Bertz CT molecular complexity index is 723. The van der Waals surface area contributed by atoms with Gasteiger partial charge in [0.05, 0.1) is 5.75 Å². The minimum Gasteiger partial charge on any atom is -0.322 e. The summed E-state index contributed by atoms with van der Waals surface area (Å²) in [6, 6.07) is 2.66. The van der Waals surface area contributed by atoms with Crippen LogP contribution in [0.25, 0.3) is 0 Å². The highest BCUT2D eigenvalue weighted by molar-refractivity contribution is 8.00. The van der Waals surface area contributed by atoms with Gasteiger partial charge in [0.25, 0.3) is 5.91 Å². The quantitative estimate of drug-likeness (QED) is 0.631. The molecule has 1 aliphatic heterocycles. The summed E-state index contributed by atoms with van der Waals surface area (Å²) < 4.78 is 26.0. The van der Waals surface area contributed by atoms with Crippen molar-refractivity contribution in [2.75, 3.05) is 5.75 Å². The third kappa shape index (κ3) is 3.60. The van der Waals surface area contributed by atoms with Crippen molar-refractivity contribution in [1.29, 1.82) is 0 Å². The number of carbonyl (C=O) groups is 3. The predicted octanol–water partition coefficient (Wildman–Crippen LogP) is 2.34. The molecule has 134 valence electrons. The predicted molar refractivity (Wildman–Crippen MR) is 86.4 cm³/mol. The molecule has 1 aromatic rings. The van der Waals surface area contributed by atoms with Gasteiger partial charge in [0.15, 0.2) is 11.6 Å². The van der Waals surface area contributed by atoms with E-state index in [2.05, 4.69) is 10.7 Å². The van der Waals surface area contributed by atoms with Crippen molar-refractivity contribution in [2.24, 2.45) is 0 Å². The number of imide groups is 1. The van der Waals surface area contributed by atoms with Gasteiger partial charge in [-0.2, -0.15) is 5.01 Å². The topological polar surface area (TPSA) is 78.5 Å². The molecule has 0 aromatic heterocycles. The van der Waals surface area contributed by atoms with E-state index in [0.717, 1.165) is 48.2 Å². The summed E-state index contributed by atoms with van der Waals surface area (Å²) in [7, 11) is 0. The van der Waals surface area contributed by atoms with Crippen LogP contribution in [0.1, 0.15) is 32.1 Å². The zero-order chi connectivity index (χ0) is 18.0. The summed E-state index contributed by atoms with van der Waals surface area (Å²) in [5, 5.41) is 3.41. The zero-order valence-electron chi connectivity index (χ0n) is 13.3. The van der Waals surface area contributed by atoms with Crippen LogP contribution in [-0.2, 0) is 9.59 Å². The van der Waals surface area contributed by atoms with E-state index in [0.29, 0.717) is 17.7 Å². The molecule has 0 radical (unpaired) electrons. The Balaban J connectivity index is 1.58. The highest BCUT2D eigenvalue weighted by Gasteiger charge is 2.52. The van der Waals surface area contributed by atoms with E-state index in [-0.39, 0.29) is 5.75 Å². The van der Waals surface area contributed by atoms with Crippen LogP contribution in [0.2, 0.25) is 0 Å². The van der Waals surface area contributed by atoms with E-state index in [1.807, 2.05) is 0 Å². The normalized spacial score (nSPS) is 19.2. The number of hydrogen-bond donors (Lipinski definition) is 2. The Morgan fingerprint density at radius 3 is 2.60 bits per heavy atom. The number of carbonyl (C=O) groups excluding carboxylic acids is 3. The SMILES string of the molecule is O=C(CSc1ccc(F)c(F)c1)NN1C(=O)NC2(CCCCC2)C1=O. The molecule has 4 amide bonds. The molecule has 25 heavy (non-hydrogen) atoms. The molecule has 2 fully saturated rings. The molecule has 9 heteroatoms. The van der Waals surface area contributed by atoms with Gasteiger partial charge in [0.2, 0.25) is 5.91 Å². The molecular weight excluding hydrogens is 352 g/mol. The van der Waals surface area contributed by atoms with Crippen LogP contribution >= 0.6 is 11.8 Å². The average Bonchev–Trinajstić information content (AvgIpc) is 2.81. The maximum Gasteiger partial charge on any atom is 0.344 e.